The first-order valence-electron chi connectivity index (χ1n) is 8.58. The molecule has 132 valence electrons. The Morgan fingerprint density at radius 3 is 2.60 bits per heavy atom. The maximum absolute atomic E-state index is 6.04. The van der Waals surface area contributed by atoms with E-state index in [-0.39, 0.29) is 24.0 Å². The molecule has 1 heterocycles. The molecule has 2 N–H and O–H groups in total. The molecule has 25 heavy (non-hydrogen) atoms. The SMILES string of the molecule is CN(C(N)=NCc1ccc(-c2ccc3c(c2)CCO3)cc1)C1CC1.I. The molecule has 1 saturated carbocycles. The van der Waals surface area contributed by atoms with Gasteiger partial charge in [-0.1, -0.05) is 30.3 Å². The van der Waals surface area contributed by atoms with Gasteiger partial charge in [-0.15, -0.1) is 24.0 Å². The van der Waals surface area contributed by atoms with E-state index < -0.39 is 0 Å². The lowest BCUT2D eigenvalue weighted by Gasteiger charge is -2.16. The number of aliphatic imine (C=N–C) groups is 1. The molecule has 1 fully saturated rings. The second-order valence-electron chi connectivity index (χ2n) is 6.63. The zero-order chi connectivity index (χ0) is 16.5. The van der Waals surface area contributed by atoms with Crippen molar-refractivity contribution in [2.45, 2.75) is 31.8 Å². The number of halogens is 1. The van der Waals surface area contributed by atoms with Crippen LogP contribution < -0.4 is 10.5 Å². The van der Waals surface area contributed by atoms with Crippen LogP contribution in [0.4, 0.5) is 0 Å². The predicted octanol–water partition coefficient (Wildman–Crippen LogP) is 3.82. The first kappa shape index (κ1) is 18.0. The summed E-state index contributed by atoms with van der Waals surface area (Å²) in [6.07, 6.45) is 3.46. The lowest BCUT2D eigenvalue weighted by molar-refractivity contribution is 0.357. The molecule has 4 nitrogen and oxygen atoms in total. The molecule has 1 aliphatic carbocycles. The van der Waals surface area contributed by atoms with E-state index >= 15 is 0 Å². The van der Waals surface area contributed by atoms with E-state index in [1.54, 1.807) is 0 Å². The minimum absolute atomic E-state index is 0. The highest BCUT2D eigenvalue weighted by molar-refractivity contribution is 14.0. The summed E-state index contributed by atoms with van der Waals surface area (Å²) in [6.45, 7) is 1.42. The van der Waals surface area contributed by atoms with E-state index in [0.717, 1.165) is 18.8 Å². The fraction of sp³-hybridized carbons (Fsp3) is 0.350. The van der Waals surface area contributed by atoms with Crippen LogP contribution in [0.1, 0.15) is 24.0 Å². The summed E-state index contributed by atoms with van der Waals surface area (Å²) in [5.74, 6) is 1.67. The van der Waals surface area contributed by atoms with Gasteiger partial charge in [0.05, 0.1) is 13.2 Å². The van der Waals surface area contributed by atoms with Gasteiger partial charge < -0.3 is 15.4 Å². The average molecular weight is 449 g/mol. The van der Waals surface area contributed by atoms with Gasteiger partial charge in [0, 0.05) is 19.5 Å². The molecular weight excluding hydrogens is 425 g/mol. The topological polar surface area (TPSA) is 50.8 Å². The minimum atomic E-state index is 0. The second-order valence-corrected chi connectivity index (χ2v) is 6.63. The van der Waals surface area contributed by atoms with Crippen LogP contribution in [0, 0.1) is 0 Å². The number of nitrogens with zero attached hydrogens (tertiary/aromatic N) is 2. The van der Waals surface area contributed by atoms with Gasteiger partial charge in [-0.3, -0.25) is 0 Å². The zero-order valence-corrected chi connectivity index (χ0v) is 16.8. The number of fused-ring (bicyclic) bond motifs is 1. The molecule has 1 aliphatic heterocycles. The quantitative estimate of drug-likeness (QED) is 0.439. The highest BCUT2D eigenvalue weighted by atomic mass is 127. The van der Waals surface area contributed by atoms with Crippen molar-refractivity contribution in [2.24, 2.45) is 10.7 Å². The van der Waals surface area contributed by atoms with Gasteiger partial charge in [0.25, 0.3) is 0 Å². The van der Waals surface area contributed by atoms with Gasteiger partial charge in [0.15, 0.2) is 5.96 Å². The highest BCUT2D eigenvalue weighted by Crippen LogP contribution is 2.30. The number of hydrogen-bond donors (Lipinski definition) is 1. The Morgan fingerprint density at radius 1 is 1.16 bits per heavy atom. The summed E-state index contributed by atoms with van der Waals surface area (Å²) >= 11 is 0. The third-order valence-electron chi connectivity index (χ3n) is 4.86. The Hall–Kier alpha value is -1.76. The van der Waals surface area contributed by atoms with Crippen LogP contribution in [-0.4, -0.2) is 30.6 Å². The summed E-state index contributed by atoms with van der Waals surface area (Å²) in [7, 11) is 2.02. The Morgan fingerprint density at radius 2 is 1.88 bits per heavy atom. The van der Waals surface area contributed by atoms with E-state index in [9.17, 15) is 0 Å². The second kappa shape index (κ2) is 7.64. The number of nitrogens with two attached hydrogens (primary N) is 1. The first-order chi connectivity index (χ1) is 11.7. The van der Waals surface area contributed by atoms with Crippen molar-refractivity contribution < 1.29 is 4.74 Å². The van der Waals surface area contributed by atoms with Crippen LogP contribution in [-0.2, 0) is 13.0 Å². The Kier molecular flexibility index (Phi) is 5.51. The third-order valence-corrected chi connectivity index (χ3v) is 4.86. The van der Waals surface area contributed by atoms with Crippen LogP contribution in [0.15, 0.2) is 47.5 Å². The number of benzene rings is 2. The van der Waals surface area contributed by atoms with Crippen molar-refractivity contribution in [3.05, 3.63) is 53.6 Å². The van der Waals surface area contributed by atoms with Crippen LogP contribution in [0.25, 0.3) is 11.1 Å². The van der Waals surface area contributed by atoms with Crippen LogP contribution >= 0.6 is 24.0 Å². The lowest BCUT2D eigenvalue weighted by Crippen LogP contribution is -2.35. The Bertz CT molecular complexity index is 769. The van der Waals surface area contributed by atoms with E-state index in [1.807, 2.05) is 7.05 Å². The number of ether oxygens (including phenoxy) is 1. The molecule has 0 aromatic heterocycles. The van der Waals surface area contributed by atoms with Crippen molar-refractivity contribution >= 4 is 29.9 Å². The van der Waals surface area contributed by atoms with Gasteiger partial charge >= 0.3 is 0 Å². The normalized spacial score (nSPS) is 16.0. The largest absolute Gasteiger partial charge is 0.493 e. The standard InChI is InChI=1S/C20H23N3O.HI/c1-23(18-7-8-18)20(21)22-13-14-2-4-15(5-3-14)16-6-9-19-17(12-16)10-11-24-19;/h2-6,9,12,18H,7-8,10-11,13H2,1H3,(H2,21,22);1H. The molecule has 0 bridgehead atoms. The first-order valence-corrected chi connectivity index (χ1v) is 8.58. The predicted molar refractivity (Wildman–Crippen MR) is 113 cm³/mol. The maximum Gasteiger partial charge on any atom is 0.191 e. The molecule has 0 amide bonds. The fourth-order valence-corrected chi connectivity index (χ4v) is 3.10. The highest BCUT2D eigenvalue weighted by Gasteiger charge is 2.27. The molecular formula is C20H24IN3O. The molecule has 0 saturated heterocycles. The van der Waals surface area contributed by atoms with E-state index in [4.69, 9.17) is 10.5 Å². The van der Waals surface area contributed by atoms with E-state index in [0.29, 0.717) is 18.5 Å². The average Bonchev–Trinajstić information content (AvgIpc) is 3.36. The molecule has 0 atom stereocenters. The van der Waals surface area contributed by atoms with Crippen molar-refractivity contribution in [3.63, 3.8) is 0 Å². The van der Waals surface area contributed by atoms with Gasteiger partial charge in [-0.25, -0.2) is 4.99 Å². The summed E-state index contributed by atoms with van der Waals surface area (Å²) in [5.41, 5.74) is 11.0. The smallest absolute Gasteiger partial charge is 0.191 e. The summed E-state index contributed by atoms with van der Waals surface area (Å²) in [6, 6.07) is 15.6. The van der Waals surface area contributed by atoms with Gasteiger partial charge in [0.1, 0.15) is 5.75 Å². The van der Waals surface area contributed by atoms with Crippen molar-refractivity contribution in [1.82, 2.24) is 4.90 Å². The van der Waals surface area contributed by atoms with Crippen molar-refractivity contribution in [2.75, 3.05) is 13.7 Å². The Balaban J connectivity index is 0.00000182. The fourth-order valence-electron chi connectivity index (χ4n) is 3.10. The maximum atomic E-state index is 6.04. The molecule has 2 aromatic carbocycles. The Labute approximate surface area is 166 Å². The minimum Gasteiger partial charge on any atom is -0.493 e. The lowest BCUT2D eigenvalue weighted by atomic mass is 10.0. The zero-order valence-electron chi connectivity index (χ0n) is 14.4. The molecule has 0 spiro atoms. The monoisotopic (exact) mass is 449 g/mol. The molecule has 2 aliphatic rings. The van der Waals surface area contributed by atoms with E-state index in [1.165, 1.54) is 35.1 Å². The molecule has 2 aromatic rings. The number of rotatable bonds is 4. The van der Waals surface area contributed by atoms with Crippen LogP contribution in [0.5, 0.6) is 5.75 Å². The van der Waals surface area contributed by atoms with Crippen molar-refractivity contribution in [1.29, 1.82) is 0 Å². The molecule has 4 rings (SSSR count). The number of hydrogen-bond acceptors (Lipinski definition) is 2. The van der Waals surface area contributed by atoms with Crippen molar-refractivity contribution in [3.8, 4) is 16.9 Å². The number of guanidine groups is 1. The van der Waals surface area contributed by atoms with Gasteiger partial charge in [-0.05, 0) is 47.2 Å². The van der Waals surface area contributed by atoms with E-state index in [2.05, 4.69) is 52.4 Å². The summed E-state index contributed by atoms with van der Waals surface area (Å²) in [4.78, 5) is 6.59. The molecule has 0 radical (unpaired) electrons. The third kappa shape index (κ3) is 4.08. The van der Waals surface area contributed by atoms with Crippen LogP contribution in [0.3, 0.4) is 0 Å². The van der Waals surface area contributed by atoms with Crippen LogP contribution in [0.2, 0.25) is 0 Å². The van der Waals surface area contributed by atoms with Gasteiger partial charge in [-0.2, -0.15) is 0 Å². The summed E-state index contributed by atoms with van der Waals surface area (Å²) < 4.78 is 5.57. The molecule has 5 heteroatoms. The van der Waals surface area contributed by atoms with Gasteiger partial charge in [0.2, 0.25) is 0 Å². The summed E-state index contributed by atoms with van der Waals surface area (Å²) in [5, 5.41) is 0. The molecule has 0 unspecified atom stereocenters.